The SMILES string of the molecule is CC(=O)c1ccccc1NC(=O)CN(Cc1ccc(N2CCCC2C)nc1)C(C)C. The van der Waals surface area contributed by atoms with Gasteiger partial charge in [-0.1, -0.05) is 18.2 Å². The number of rotatable bonds is 8. The van der Waals surface area contributed by atoms with Crippen molar-refractivity contribution in [1.82, 2.24) is 9.88 Å². The fraction of sp³-hybridized carbons (Fsp3) is 0.458. The summed E-state index contributed by atoms with van der Waals surface area (Å²) in [4.78, 5) is 33.6. The minimum absolute atomic E-state index is 0.0647. The van der Waals surface area contributed by atoms with Crippen LogP contribution < -0.4 is 10.2 Å². The summed E-state index contributed by atoms with van der Waals surface area (Å²) >= 11 is 0. The van der Waals surface area contributed by atoms with Crippen molar-refractivity contribution in [3.05, 3.63) is 53.7 Å². The average Bonchev–Trinajstić information content (AvgIpc) is 3.14. The number of Topliss-reactive ketones (excluding diaryl/α,β-unsaturated/α-hetero) is 1. The van der Waals surface area contributed by atoms with Gasteiger partial charge < -0.3 is 10.2 Å². The molecule has 6 nitrogen and oxygen atoms in total. The number of hydrogen-bond donors (Lipinski definition) is 1. The lowest BCUT2D eigenvalue weighted by molar-refractivity contribution is -0.117. The number of nitrogens with one attached hydrogen (secondary N) is 1. The van der Waals surface area contributed by atoms with Crippen molar-refractivity contribution >= 4 is 23.2 Å². The van der Waals surface area contributed by atoms with E-state index >= 15 is 0 Å². The predicted octanol–water partition coefficient (Wildman–Crippen LogP) is 4.12. The van der Waals surface area contributed by atoms with Crippen molar-refractivity contribution in [2.24, 2.45) is 0 Å². The molecule has 2 aromatic rings. The zero-order chi connectivity index (χ0) is 21.7. The van der Waals surface area contributed by atoms with Crippen LogP contribution in [0, 0.1) is 0 Å². The zero-order valence-corrected chi connectivity index (χ0v) is 18.4. The Kier molecular flexibility index (Phi) is 7.21. The number of carbonyl (C=O) groups excluding carboxylic acids is 2. The van der Waals surface area contributed by atoms with Gasteiger partial charge in [-0.25, -0.2) is 4.98 Å². The summed E-state index contributed by atoms with van der Waals surface area (Å²) in [6, 6.07) is 12.0. The second-order valence-corrected chi connectivity index (χ2v) is 8.36. The first-order valence-corrected chi connectivity index (χ1v) is 10.7. The molecule has 1 aromatic carbocycles. The molecule has 1 N–H and O–H groups in total. The number of ketones is 1. The molecule has 1 aromatic heterocycles. The predicted molar refractivity (Wildman–Crippen MR) is 121 cm³/mol. The smallest absolute Gasteiger partial charge is 0.238 e. The largest absolute Gasteiger partial charge is 0.354 e. The summed E-state index contributed by atoms with van der Waals surface area (Å²) in [5.74, 6) is 0.830. The fourth-order valence-electron chi connectivity index (χ4n) is 3.88. The van der Waals surface area contributed by atoms with Crippen LogP contribution in [0.25, 0.3) is 0 Å². The van der Waals surface area contributed by atoms with Crippen molar-refractivity contribution in [3.63, 3.8) is 0 Å². The minimum atomic E-state index is -0.132. The molecule has 1 saturated heterocycles. The van der Waals surface area contributed by atoms with Crippen LogP contribution in [0.1, 0.15) is 56.5 Å². The number of benzene rings is 1. The van der Waals surface area contributed by atoms with Crippen molar-refractivity contribution in [3.8, 4) is 0 Å². The van der Waals surface area contributed by atoms with E-state index in [1.807, 2.05) is 12.3 Å². The summed E-state index contributed by atoms with van der Waals surface area (Å²) in [5.41, 5.74) is 2.17. The lowest BCUT2D eigenvalue weighted by Crippen LogP contribution is -2.37. The molecule has 0 saturated carbocycles. The Morgan fingerprint density at radius 3 is 2.60 bits per heavy atom. The fourth-order valence-corrected chi connectivity index (χ4v) is 3.88. The molecular formula is C24H32N4O2. The van der Waals surface area contributed by atoms with E-state index in [0.717, 1.165) is 17.9 Å². The number of carbonyl (C=O) groups is 2. The van der Waals surface area contributed by atoms with Crippen LogP contribution in [0.15, 0.2) is 42.6 Å². The molecule has 1 aliphatic rings. The molecule has 0 aliphatic carbocycles. The topological polar surface area (TPSA) is 65.5 Å². The summed E-state index contributed by atoms with van der Waals surface area (Å²) in [5, 5.41) is 2.89. The standard InChI is InChI=1S/C24H32N4O2/c1-17(2)27(16-24(30)26-22-10-6-5-9-21(22)19(4)29)15-20-11-12-23(25-14-20)28-13-7-8-18(28)3/h5-6,9-12,14,17-18H,7-8,13,15-16H2,1-4H3,(H,26,30). The maximum atomic E-state index is 12.7. The molecule has 1 fully saturated rings. The second kappa shape index (κ2) is 9.85. The van der Waals surface area contributed by atoms with Crippen molar-refractivity contribution in [2.75, 3.05) is 23.3 Å². The van der Waals surface area contributed by atoms with Crippen LogP contribution in [0.3, 0.4) is 0 Å². The van der Waals surface area contributed by atoms with Gasteiger partial charge in [-0.2, -0.15) is 0 Å². The van der Waals surface area contributed by atoms with Crippen LogP contribution in [-0.2, 0) is 11.3 Å². The second-order valence-electron chi connectivity index (χ2n) is 8.36. The highest BCUT2D eigenvalue weighted by molar-refractivity contribution is 6.04. The van der Waals surface area contributed by atoms with Gasteiger partial charge in [0, 0.05) is 36.9 Å². The van der Waals surface area contributed by atoms with Crippen LogP contribution in [0.4, 0.5) is 11.5 Å². The van der Waals surface area contributed by atoms with E-state index in [-0.39, 0.29) is 24.3 Å². The first-order chi connectivity index (χ1) is 14.3. The van der Waals surface area contributed by atoms with Crippen LogP contribution in [-0.4, -0.2) is 46.7 Å². The van der Waals surface area contributed by atoms with E-state index in [0.29, 0.717) is 23.8 Å². The number of pyridine rings is 1. The van der Waals surface area contributed by atoms with Gasteiger partial charge in [0.2, 0.25) is 5.91 Å². The van der Waals surface area contributed by atoms with E-state index in [2.05, 4.69) is 53.0 Å². The summed E-state index contributed by atoms with van der Waals surface area (Å²) in [7, 11) is 0. The monoisotopic (exact) mass is 408 g/mol. The molecule has 0 radical (unpaired) electrons. The zero-order valence-electron chi connectivity index (χ0n) is 18.4. The van der Waals surface area contributed by atoms with Gasteiger partial charge in [0.15, 0.2) is 5.78 Å². The molecule has 2 heterocycles. The summed E-state index contributed by atoms with van der Waals surface area (Å²) < 4.78 is 0. The molecule has 6 heteroatoms. The highest BCUT2D eigenvalue weighted by Gasteiger charge is 2.22. The Hall–Kier alpha value is -2.73. The third-order valence-electron chi connectivity index (χ3n) is 5.70. The van der Waals surface area contributed by atoms with E-state index < -0.39 is 0 Å². The third-order valence-corrected chi connectivity index (χ3v) is 5.70. The van der Waals surface area contributed by atoms with E-state index in [1.165, 1.54) is 19.8 Å². The van der Waals surface area contributed by atoms with E-state index in [4.69, 9.17) is 0 Å². The lowest BCUT2D eigenvalue weighted by atomic mass is 10.1. The maximum Gasteiger partial charge on any atom is 0.238 e. The molecule has 0 spiro atoms. The Labute approximate surface area is 179 Å². The Bertz CT molecular complexity index is 879. The molecule has 160 valence electrons. The highest BCUT2D eigenvalue weighted by Crippen LogP contribution is 2.23. The van der Waals surface area contributed by atoms with Crippen LogP contribution in [0.2, 0.25) is 0 Å². The number of para-hydroxylation sites is 1. The molecule has 30 heavy (non-hydrogen) atoms. The number of anilines is 2. The van der Waals surface area contributed by atoms with Crippen molar-refractivity contribution in [2.45, 2.75) is 59.2 Å². The first-order valence-electron chi connectivity index (χ1n) is 10.7. The molecule has 3 rings (SSSR count). The van der Waals surface area contributed by atoms with Gasteiger partial charge in [-0.15, -0.1) is 0 Å². The van der Waals surface area contributed by atoms with Gasteiger partial charge in [0.05, 0.1) is 12.2 Å². The van der Waals surface area contributed by atoms with Gasteiger partial charge in [0.25, 0.3) is 0 Å². The van der Waals surface area contributed by atoms with Gasteiger partial charge >= 0.3 is 0 Å². The molecule has 1 unspecified atom stereocenters. The summed E-state index contributed by atoms with van der Waals surface area (Å²) in [6.07, 6.45) is 4.35. The Balaban J connectivity index is 1.63. The van der Waals surface area contributed by atoms with Crippen LogP contribution in [0.5, 0.6) is 0 Å². The van der Waals surface area contributed by atoms with E-state index in [9.17, 15) is 9.59 Å². The molecule has 1 atom stereocenters. The Morgan fingerprint density at radius 1 is 1.23 bits per heavy atom. The average molecular weight is 409 g/mol. The number of nitrogens with zero attached hydrogens (tertiary/aromatic N) is 3. The highest BCUT2D eigenvalue weighted by atomic mass is 16.2. The minimum Gasteiger partial charge on any atom is -0.354 e. The number of aromatic nitrogens is 1. The molecule has 1 aliphatic heterocycles. The Morgan fingerprint density at radius 2 is 2.00 bits per heavy atom. The van der Waals surface area contributed by atoms with Gasteiger partial charge in [-0.05, 0) is 64.3 Å². The van der Waals surface area contributed by atoms with Crippen LogP contribution >= 0.6 is 0 Å². The summed E-state index contributed by atoms with van der Waals surface area (Å²) in [6.45, 7) is 9.84. The van der Waals surface area contributed by atoms with Gasteiger partial charge in [-0.3, -0.25) is 14.5 Å². The van der Waals surface area contributed by atoms with E-state index in [1.54, 1.807) is 18.2 Å². The molecule has 1 amide bonds. The quantitative estimate of drug-likeness (QED) is 0.666. The lowest BCUT2D eigenvalue weighted by Gasteiger charge is -2.26. The van der Waals surface area contributed by atoms with Gasteiger partial charge in [0.1, 0.15) is 5.82 Å². The van der Waals surface area contributed by atoms with Crippen molar-refractivity contribution < 1.29 is 9.59 Å². The maximum absolute atomic E-state index is 12.7. The first kappa shape index (κ1) is 22.0. The normalized spacial score (nSPS) is 16.3. The third kappa shape index (κ3) is 5.45. The molecular weight excluding hydrogens is 376 g/mol. The van der Waals surface area contributed by atoms with Crippen molar-refractivity contribution in [1.29, 1.82) is 0 Å². The molecule has 0 bridgehead atoms. The number of hydrogen-bond acceptors (Lipinski definition) is 5. The number of amides is 1.